The Labute approximate surface area is 183 Å². The molecule has 2 aliphatic heterocycles. The number of aromatic nitrogens is 3. The van der Waals surface area contributed by atoms with Crippen LogP contribution in [0.4, 0.5) is 5.95 Å². The fraction of sp³-hybridized carbons (Fsp3) is 0.304. The highest BCUT2D eigenvalue weighted by molar-refractivity contribution is 7.13. The number of thiophene rings is 1. The van der Waals surface area contributed by atoms with Gasteiger partial charge in [0, 0.05) is 28.9 Å². The van der Waals surface area contributed by atoms with Crippen molar-refractivity contribution in [3.63, 3.8) is 0 Å². The Morgan fingerprint density at radius 2 is 2.03 bits per heavy atom. The lowest BCUT2D eigenvalue weighted by atomic mass is 10.1. The summed E-state index contributed by atoms with van der Waals surface area (Å²) in [5.74, 6) is 0.620. The Kier molecular flexibility index (Phi) is 4.92. The van der Waals surface area contributed by atoms with Crippen LogP contribution < -0.4 is 10.6 Å². The Hall–Kier alpha value is -2.78. The minimum atomic E-state index is 0.0122. The van der Waals surface area contributed by atoms with Gasteiger partial charge in [-0.25, -0.2) is 9.97 Å². The Morgan fingerprint density at radius 3 is 2.97 bits per heavy atom. The molecule has 4 N–H and O–H groups in total. The van der Waals surface area contributed by atoms with Crippen LogP contribution in [0.15, 0.2) is 60.2 Å². The Morgan fingerprint density at radius 1 is 1.10 bits per heavy atom. The third kappa shape index (κ3) is 3.61. The number of nitrogens with two attached hydrogens (primary N) is 1. The van der Waals surface area contributed by atoms with Crippen LogP contribution in [0.3, 0.4) is 0 Å². The van der Waals surface area contributed by atoms with Crippen LogP contribution in [0.1, 0.15) is 5.56 Å². The molecule has 4 aromatic rings. The van der Waals surface area contributed by atoms with E-state index in [9.17, 15) is 0 Å². The van der Waals surface area contributed by atoms with E-state index in [1.165, 1.54) is 16.5 Å². The zero-order valence-electron chi connectivity index (χ0n) is 16.9. The lowest BCUT2D eigenvalue weighted by Crippen LogP contribution is -2.91. The van der Waals surface area contributed by atoms with E-state index < -0.39 is 0 Å². The van der Waals surface area contributed by atoms with Crippen molar-refractivity contribution in [3.05, 3.63) is 65.8 Å². The monoisotopic (exact) mass is 434 g/mol. The zero-order valence-corrected chi connectivity index (χ0v) is 17.7. The van der Waals surface area contributed by atoms with Crippen molar-refractivity contribution < 1.29 is 14.8 Å². The summed E-state index contributed by atoms with van der Waals surface area (Å²) in [7, 11) is 0. The van der Waals surface area contributed by atoms with Crippen LogP contribution in [0.5, 0.6) is 0 Å². The standard InChI is InChI=1S/C23H23N5O2S/c1-2-5-16-15(4-1)14(10-25-16)11-26-18-12-29-22-19(13-30-21(18)22)28-23-24-8-7-17(27-23)20-6-3-9-31-20/h1-10,18-19,21-22,25-26H,11-13H2,(H,24,27,28)/p+1/t18-,19-,21+,22+/m0/s1. The molecule has 2 aliphatic rings. The van der Waals surface area contributed by atoms with Crippen LogP contribution >= 0.6 is 11.3 Å². The Bertz CT molecular complexity index is 1180. The van der Waals surface area contributed by atoms with E-state index in [-0.39, 0.29) is 24.3 Å². The number of aromatic amines is 1. The first-order chi connectivity index (χ1) is 15.3. The van der Waals surface area contributed by atoms with Gasteiger partial charge < -0.3 is 25.1 Å². The minimum absolute atomic E-state index is 0.0122. The third-order valence-corrected chi connectivity index (χ3v) is 7.04. The summed E-state index contributed by atoms with van der Waals surface area (Å²) in [5.41, 5.74) is 3.42. The van der Waals surface area contributed by atoms with Gasteiger partial charge in [0.05, 0.1) is 23.2 Å². The molecule has 0 spiro atoms. The second-order valence-electron chi connectivity index (χ2n) is 8.05. The van der Waals surface area contributed by atoms with E-state index in [1.807, 2.05) is 12.1 Å². The first-order valence-electron chi connectivity index (χ1n) is 10.6. The average molecular weight is 435 g/mol. The molecule has 0 aliphatic carbocycles. The van der Waals surface area contributed by atoms with Gasteiger partial charge in [-0.1, -0.05) is 24.3 Å². The van der Waals surface area contributed by atoms with E-state index in [4.69, 9.17) is 9.47 Å². The van der Waals surface area contributed by atoms with Crippen molar-refractivity contribution in [2.75, 3.05) is 18.5 Å². The zero-order chi connectivity index (χ0) is 20.6. The number of rotatable bonds is 6. The molecule has 5 heterocycles. The normalized spacial score (nSPS) is 25.2. The van der Waals surface area contributed by atoms with Crippen molar-refractivity contribution in [3.8, 4) is 10.6 Å². The molecule has 31 heavy (non-hydrogen) atoms. The molecular weight excluding hydrogens is 410 g/mol. The highest BCUT2D eigenvalue weighted by Gasteiger charge is 2.49. The summed E-state index contributed by atoms with van der Waals surface area (Å²) < 4.78 is 12.3. The van der Waals surface area contributed by atoms with Gasteiger partial charge in [-0.05, 0) is 23.6 Å². The number of para-hydroxylation sites is 1. The summed E-state index contributed by atoms with van der Waals surface area (Å²) in [6.07, 6.45) is 3.98. The van der Waals surface area contributed by atoms with Crippen LogP contribution in [0.25, 0.3) is 21.5 Å². The molecule has 8 heteroatoms. The van der Waals surface area contributed by atoms with Crippen LogP contribution in [-0.4, -0.2) is 52.5 Å². The van der Waals surface area contributed by atoms with Gasteiger partial charge in [0.1, 0.15) is 31.4 Å². The van der Waals surface area contributed by atoms with E-state index in [2.05, 4.69) is 67.5 Å². The second-order valence-corrected chi connectivity index (χ2v) is 9.00. The van der Waals surface area contributed by atoms with Crippen LogP contribution in [0.2, 0.25) is 0 Å². The maximum Gasteiger partial charge on any atom is 0.223 e. The summed E-state index contributed by atoms with van der Waals surface area (Å²) in [4.78, 5) is 13.6. The topological polar surface area (TPSA) is 88.7 Å². The number of ether oxygens (including phenoxy) is 2. The molecule has 2 saturated heterocycles. The lowest BCUT2D eigenvalue weighted by Gasteiger charge is -2.17. The van der Waals surface area contributed by atoms with Gasteiger partial charge in [-0.2, -0.15) is 0 Å². The van der Waals surface area contributed by atoms with Crippen molar-refractivity contribution >= 4 is 28.2 Å². The number of fused-ring (bicyclic) bond motifs is 2. The molecular formula is C23H24N5O2S+. The number of hydrogen-bond acceptors (Lipinski definition) is 6. The lowest BCUT2D eigenvalue weighted by molar-refractivity contribution is -0.707. The highest BCUT2D eigenvalue weighted by atomic mass is 32.1. The van der Waals surface area contributed by atoms with E-state index >= 15 is 0 Å². The quantitative estimate of drug-likeness (QED) is 0.434. The summed E-state index contributed by atoms with van der Waals surface area (Å²) in [6.45, 7) is 2.18. The summed E-state index contributed by atoms with van der Waals surface area (Å²) in [5, 5.41) is 9.12. The maximum absolute atomic E-state index is 6.15. The van der Waals surface area contributed by atoms with Gasteiger partial charge in [0.25, 0.3) is 0 Å². The third-order valence-electron chi connectivity index (χ3n) is 6.15. The highest BCUT2D eigenvalue weighted by Crippen LogP contribution is 2.28. The number of nitrogens with zero attached hydrogens (tertiary/aromatic N) is 2. The number of quaternary nitrogens is 1. The number of H-pyrrole nitrogens is 1. The van der Waals surface area contributed by atoms with Crippen molar-refractivity contribution in [1.82, 2.24) is 15.0 Å². The van der Waals surface area contributed by atoms with E-state index in [1.54, 1.807) is 17.5 Å². The van der Waals surface area contributed by atoms with Gasteiger partial charge >= 0.3 is 0 Å². The number of hydrogen-bond donors (Lipinski definition) is 3. The van der Waals surface area contributed by atoms with Gasteiger partial charge in [-0.3, -0.25) is 0 Å². The second kappa shape index (κ2) is 8.05. The molecule has 7 nitrogen and oxygen atoms in total. The molecule has 1 aromatic carbocycles. The molecule has 0 bridgehead atoms. The molecule has 6 rings (SSSR count). The largest absolute Gasteiger partial charge is 0.367 e. The first-order valence-corrected chi connectivity index (χ1v) is 11.5. The minimum Gasteiger partial charge on any atom is -0.367 e. The maximum atomic E-state index is 6.15. The number of benzene rings is 1. The summed E-state index contributed by atoms with van der Waals surface area (Å²) in [6, 6.07) is 14.8. The predicted molar refractivity (Wildman–Crippen MR) is 120 cm³/mol. The fourth-order valence-corrected chi connectivity index (χ4v) is 5.28. The number of nitrogens with one attached hydrogen (secondary N) is 2. The van der Waals surface area contributed by atoms with Crippen molar-refractivity contribution in [1.29, 1.82) is 0 Å². The molecule has 3 aromatic heterocycles. The van der Waals surface area contributed by atoms with Gasteiger partial charge in [0.15, 0.2) is 0 Å². The van der Waals surface area contributed by atoms with E-state index in [0.29, 0.717) is 19.2 Å². The van der Waals surface area contributed by atoms with Crippen molar-refractivity contribution in [2.45, 2.75) is 30.8 Å². The SMILES string of the molecule is c1csc(-c2ccnc(N[C@H]3CO[C@H]4[C@@H]3OC[C@@H]4[NH2+]Cc3c[nH]c4ccccc34)n2)c1. The molecule has 0 amide bonds. The van der Waals surface area contributed by atoms with Gasteiger partial charge in [0.2, 0.25) is 5.95 Å². The first kappa shape index (κ1) is 18.9. The molecule has 4 atom stereocenters. The molecule has 2 fully saturated rings. The molecule has 0 radical (unpaired) electrons. The van der Waals surface area contributed by atoms with E-state index in [0.717, 1.165) is 17.1 Å². The van der Waals surface area contributed by atoms with Crippen LogP contribution in [-0.2, 0) is 16.0 Å². The Balaban J connectivity index is 1.10. The van der Waals surface area contributed by atoms with Gasteiger partial charge in [-0.15, -0.1) is 11.3 Å². The van der Waals surface area contributed by atoms with Crippen LogP contribution in [0, 0.1) is 0 Å². The molecule has 0 saturated carbocycles. The molecule has 0 unspecified atom stereocenters. The molecule has 158 valence electrons. The fourth-order valence-electron chi connectivity index (χ4n) is 4.59. The average Bonchev–Trinajstić information content (AvgIpc) is 3.59. The van der Waals surface area contributed by atoms with Crippen molar-refractivity contribution in [2.24, 2.45) is 0 Å². The smallest absolute Gasteiger partial charge is 0.223 e. The summed E-state index contributed by atoms with van der Waals surface area (Å²) >= 11 is 1.67. The number of anilines is 1. The predicted octanol–water partition coefficient (Wildman–Crippen LogP) is 2.40.